The third-order valence-electron chi connectivity index (χ3n) is 5.09. The molecule has 0 rings (SSSR count). The van der Waals surface area contributed by atoms with Crippen molar-refractivity contribution in [2.75, 3.05) is 27.7 Å². The Morgan fingerprint density at radius 2 is 1.33 bits per heavy atom. The summed E-state index contributed by atoms with van der Waals surface area (Å²) in [5, 5.41) is 10.9. The van der Waals surface area contributed by atoms with Gasteiger partial charge in [0, 0.05) is 18.8 Å². The topological polar surface area (TPSA) is 66.4 Å². The first-order valence-corrected chi connectivity index (χ1v) is 12.1. The molecule has 0 saturated carbocycles. The molecule has 0 heterocycles. The third-order valence-corrected chi connectivity index (χ3v) is 5.09. The third kappa shape index (κ3) is 21.4. The largest absolute Gasteiger partial charge is 0.550 e. The zero-order valence-electron chi connectivity index (χ0n) is 20.1. The number of esters is 1. The van der Waals surface area contributed by atoms with Gasteiger partial charge in [-0.15, -0.1) is 0 Å². The van der Waals surface area contributed by atoms with Crippen molar-refractivity contribution < 1.29 is 23.9 Å². The highest BCUT2D eigenvalue weighted by molar-refractivity contribution is 5.70. The molecule has 0 radical (unpaired) electrons. The van der Waals surface area contributed by atoms with Crippen LogP contribution in [-0.4, -0.2) is 50.2 Å². The standard InChI is InChI=1S/C25H47NO4/c1-5-6-7-8-9-10-11-12-13-14-15-16-17-18-19-20-25(29)30-23(21-24(27)28)22-26(2,3)4/h10-11,23H,5-9,12-22H2,1-4H3/b11-10+/t23-/m0/s1. The molecule has 176 valence electrons. The SMILES string of the molecule is CCCCCC/C=C/CCCCCCCCCC(=O)O[C@@H](CC(=O)[O-])C[N+](C)(C)C. The number of aliphatic carboxylic acids is 1. The molecule has 0 bridgehead atoms. The van der Waals surface area contributed by atoms with Crippen molar-refractivity contribution in [2.45, 2.75) is 109 Å². The summed E-state index contributed by atoms with van der Waals surface area (Å²) in [5.74, 6) is -1.47. The van der Waals surface area contributed by atoms with Crippen molar-refractivity contribution in [3.63, 3.8) is 0 Å². The van der Waals surface area contributed by atoms with Crippen LogP contribution in [0.5, 0.6) is 0 Å². The van der Waals surface area contributed by atoms with Gasteiger partial charge in [0.1, 0.15) is 6.54 Å². The first-order chi connectivity index (χ1) is 14.2. The lowest BCUT2D eigenvalue weighted by Gasteiger charge is -2.29. The van der Waals surface area contributed by atoms with Crippen LogP contribution in [0.2, 0.25) is 0 Å². The zero-order valence-corrected chi connectivity index (χ0v) is 20.1. The maximum absolute atomic E-state index is 12.0. The Kier molecular flexibility index (Phi) is 17.6. The summed E-state index contributed by atoms with van der Waals surface area (Å²) in [7, 11) is 5.84. The lowest BCUT2D eigenvalue weighted by molar-refractivity contribution is -0.873. The van der Waals surface area contributed by atoms with E-state index >= 15 is 0 Å². The fourth-order valence-corrected chi connectivity index (χ4v) is 3.53. The highest BCUT2D eigenvalue weighted by Crippen LogP contribution is 2.12. The summed E-state index contributed by atoms with van der Waals surface area (Å²) < 4.78 is 5.92. The Bertz CT molecular complexity index is 468. The van der Waals surface area contributed by atoms with Crippen molar-refractivity contribution in [3.8, 4) is 0 Å². The van der Waals surface area contributed by atoms with E-state index in [1.807, 2.05) is 21.1 Å². The summed E-state index contributed by atoms with van der Waals surface area (Å²) in [6, 6.07) is 0. The number of allylic oxidation sites excluding steroid dienone is 2. The average molecular weight is 426 g/mol. The van der Waals surface area contributed by atoms with Crippen LogP contribution in [0.4, 0.5) is 0 Å². The molecule has 0 aromatic carbocycles. The second-order valence-electron chi connectivity index (χ2n) is 9.50. The number of quaternary nitrogens is 1. The Morgan fingerprint density at radius 1 is 0.833 bits per heavy atom. The molecule has 5 nitrogen and oxygen atoms in total. The molecule has 0 aromatic rings. The summed E-state index contributed by atoms with van der Waals surface area (Å²) in [5.41, 5.74) is 0. The molecule has 0 spiro atoms. The highest BCUT2D eigenvalue weighted by atomic mass is 16.5. The summed E-state index contributed by atoms with van der Waals surface area (Å²) in [6.45, 7) is 2.71. The van der Waals surface area contributed by atoms with Crippen LogP contribution in [0.25, 0.3) is 0 Å². The molecular weight excluding hydrogens is 378 g/mol. The molecular formula is C25H47NO4. The van der Waals surface area contributed by atoms with Gasteiger partial charge in [0.25, 0.3) is 0 Å². The molecule has 30 heavy (non-hydrogen) atoms. The first kappa shape index (κ1) is 28.6. The number of rotatable bonds is 20. The second-order valence-corrected chi connectivity index (χ2v) is 9.50. The maximum atomic E-state index is 12.0. The molecule has 1 atom stereocenters. The zero-order chi connectivity index (χ0) is 22.7. The van der Waals surface area contributed by atoms with Crippen LogP contribution < -0.4 is 5.11 Å². The van der Waals surface area contributed by atoms with Crippen LogP contribution >= 0.6 is 0 Å². The average Bonchev–Trinajstić information content (AvgIpc) is 2.63. The van der Waals surface area contributed by atoms with Gasteiger partial charge in [0.05, 0.1) is 21.1 Å². The van der Waals surface area contributed by atoms with E-state index in [4.69, 9.17) is 4.74 Å². The summed E-state index contributed by atoms with van der Waals surface area (Å²) in [6.07, 6.45) is 19.9. The van der Waals surface area contributed by atoms with Gasteiger partial charge in [0.15, 0.2) is 6.10 Å². The van der Waals surface area contributed by atoms with E-state index in [-0.39, 0.29) is 12.4 Å². The molecule has 0 aromatic heterocycles. The number of carbonyl (C=O) groups is 2. The van der Waals surface area contributed by atoms with Crippen LogP contribution in [0, 0.1) is 0 Å². The number of hydrogen-bond acceptors (Lipinski definition) is 4. The second kappa shape index (κ2) is 18.4. The van der Waals surface area contributed by atoms with Crippen LogP contribution in [-0.2, 0) is 14.3 Å². The molecule has 0 unspecified atom stereocenters. The number of likely N-dealkylation sites (N-methyl/N-ethyl adjacent to an activating group) is 1. The van der Waals surface area contributed by atoms with Crippen LogP contribution in [0.3, 0.4) is 0 Å². The van der Waals surface area contributed by atoms with E-state index in [0.717, 1.165) is 19.3 Å². The molecule has 0 N–H and O–H groups in total. The Morgan fingerprint density at radius 3 is 1.83 bits per heavy atom. The minimum absolute atomic E-state index is 0.241. The predicted octanol–water partition coefficient (Wildman–Crippen LogP) is 4.78. The van der Waals surface area contributed by atoms with Gasteiger partial charge in [-0.1, -0.05) is 70.4 Å². The van der Waals surface area contributed by atoms with E-state index in [9.17, 15) is 14.7 Å². The van der Waals surface area contributed by atoms with Crippen molar-refractivity contribution in [1.82, 2.24) is 0 Å². The number of unbranched alkanes of at least 4 members (excludes halogenated alkanes) is 11. The number of nitrogens with zero attached hydrogens (tertiary/aromatic N) is 1. The summed E-state index contributed by atoms with van der Waals surface area (Å²) >= 11 is 0. The molecule has 0 aliphatic heterocycles. The molecule has 0 saturated heterocycles. The van der Waals surface area contributed by atoms with Crippen molar-refractivity contribution >= 4 is 11.9 Å². The van der Waals surface area contributed by atoms with E-state index in [1.54, 1.807) is 0 Å². The van der Waals surface area contributed by atoms with E-state index < -0.39 is 12.1 Å². The molecule has 0 aliphatic carbocycles. The summed E-state index contributed by atoms with van der Waals surface area (Å²) in [4.78, 5) is 22.9. The van der Waals surface area contributed by atoms with Gasteiger partial charge in [-0.2, -0.15) is 0 Å². The molecule has 5 heteroatoms. The Balaban J connectivity index is 3.63. The minimum Gasteiger partial charge on any atom is -0.550 e. The van der Waals surface area contributed by atoms with Gasteiger partial charge in [0.2, 0.25) is 0 Å². The van der Waals surface area contributed by atoms with Crippen molar-refractivity contribution in [1.29, 1.82) is 0 Å². The molecule has 0 fully saturated rings. The van der Waals surface area contributed by atoms with Crippen molar-refractivity contribution in [3.05, 3.63) is 12.2 Å². The molecule has 0 amide bonds. The highest BCUT2D eigenvalue weighted by Gasteiger charge is 2.22. The maximum Gasteiger partial charge on any atom is 0.306 e. The van der Waals surface area contributed by atoms with Gasteiger partial charge in [-0.25, -0.2) is 0 Å². The fourth-order valence-electron chi connectivity index (χ4n) is 3.53. The quantitative estimate of drug-likeness (QED) is 0.122. The van der Waals surface area contributed by atoms with Crippen molar-refractivity contribution in [2.24, 2.45) is 0 Å². The number of carboxylic acid groups (broad SMARTS) is 1. The lowest BCUT2D eigenvalue weighted by atomic mass is 10.1. The van der Waals surface area contributed by atoms with Gasteiger partial charge >= 0.3 is 5.97 Å². The minimum atomic E-state index is -1.18. The number of carboxylic acids is 1. The first-order valence-electron chi connectivity index (χ1n) is 12.1. The monoisotopic (exact) mass is 425 g/mol. The predicted molar refractivity (Wildman–Crippen MR) is 122 cm³/mol. The number of hydrogen-bond donors (Lipinski definition) is 0. The van der Waals surface area contributed by atoms with Gasteiger partial charge in [-0.05, 0) is 32.1 Å². The smallest absolute Gasteiger partial charge is 0.306 e. The van der Waals surface area contributed by atoms with Crippen LogP contribution in [0.15, 0.2) is 12.2 Å². The van der Waals surface area contributed by atoms with E-state index in [1.165, 1.54) is 64.2 Å². The fraction of sp³-hybridized carbons (Fsp3) is 0.840. The normalized spacial score (nSPS) is 12.9. The number of carbonyl (C=O) groups excluding carboxylic acids is 2. The molecule has 0 aliphatic rings. The van der Waals surface area contributed by atoms with Gasteiger partial charge in [-0.3, -0.25) is 4.79 Å². The number of ether oxygens (including phenoxy) is 1. The Labute approximate surface area is 185 Å². The lowest BCUT2D eigenvalue weighted by Crippen LogP contribution is -2.45. The van der Waals surface area contributed by atoms with E-state index in [2.05, 4.69) is 19.1 Å². The Hall–Kier alpha value is -1.36. The van der Waals surface area contributed by atoms with E-state index in [0.29, 0.717) is 17.4 Å². The van der Waals surface area contributed by atoms with Crippen LogP contribution in [0.1, 0.15) is 103 Å². The van der Waals surface area contributed by atoms with Gasteiger partial charge < -0.3 is 19.1 Å².